The molecular weight excluding hydrogens is 272 g/mol. The molecule has 0 radical (unpaired) electrons. The molecule has 1 aromatic carbocycles. The molecule has 0 saturated carbocycles. The number of nitrogen functional groups attached to an aromatic ring is 1. The van der Waals surface area contributed by atoms with Gasteiger partial charge in [0.2, 0.25) is 0 Å². The van der Waals surface area contributed by atoms with Gasteiger partial charge in [-0.05, 0) is 25.8 Å². The number of nitrogens with one attached hydrogen (secondary N) is 1. The number of amides is 1. The Kier molecular flexibility index (Phi) is 4.57. The number of ether oxygens (including phenoxy) is 3. The van der Waals surface area contributed by atoms with Crippen LogP contribution in [0.15, 0.2) is 12.1 Å². The predicted octanol–water partition coefficient (Wildman–Crippen LogP) is 1.58. The number of rotatable bonds is 5. The Labute approximate surface area is 124 Å². The third-order valence-electron chi connectivity index (χ3n) is 3.72. The van der Waals surface area contributed by atoms with E-state index in [0.717, 1.165) is 19.4 Å². The number of hydrogen-bond donors (Lipinski definition) is 2. The zero-order valence-electron chi connectivity index (χ0n) is 12.7. The molecule has 3 N–H and O–H groups in total. The Bertz CT molecular complexity index is 525. The highest BCUT2D eigenvalue weighted by molar-refractivity contribution is 6.00. The van der Waals surface area contributed by atoms with Gasteiger partial charge in [0.05, 0.1) is 25.4 Å². The molecule has 1 unspecified atom stereocenters. The average molecular weight is 294 g/mol. The zero-order valence-corrected chi connectivity index (χ0v) is 12.7. The van der Waals surface area contributed by atoms with E-state index in [9.17, 15) is 4.79 Å². The highest BCUT2D eigenvalue weighted by Crippen LogP contribution is 2.32. The number of nitrogens with two attached hydrogens (primary N) is 1. The molecule has 0 spiro atoms. The van der Waals surface area contributed by atoms with Crippen molar-refractivity contribution in [3.05, 3.63) is 17.7 Å². The zero-order chi connectivity index (χ0) is 15.5. The lowest BCUT2D eigenvalue weighted by molar-refractivity contribution is 0.0206. The van der Waals surface area contributed by atoms with Crippen LogP contribution >= 0.6 is 0 Å². The Morgan fingerprint density at radius 1 is 1.38 bits per heavy atom. The molecule has 1 aliphatic heterocycles. The SMILES string of the molecule is COc1cc(N)c(C(=O)NCC2(C)CCCO2)cc1OC. The van der Waals surface area contributed by atoms with Crippen LogP contribution in [-0.2, 0) is 4.74 Å². The van der Waals surface area contributed by atoms with E-state index in [1.54, 1.807) is 12.1 Å². The second-order valence-electron chi connectivity index (χ2n) is 5.38. The minimum absolute atomic E-state index is 0.245. The fourth-order valence-electron chi connectivity index (χ4n) is 2.43. The molecule has 21 heavy (non-hydrogen) atoms. The van der Waals surface area contributed by atoms with Crippen molar-refractivity contribution < 1.29 is 19.0 Å². The van der Waals surface area contributed by atoms with Crippen LogP contribution in [0, 0.1) is 0 Å². The Hall–Kier alpha value is -1.95. The van der Waals surface area contributed by atoms with Crippen molar-refractivity contribution in [1.82, 2.24) is 5.32 Å². The lowest BCUT2D eigenvalue weighted by Gasteiger charge is -2.23. The van der Waals surface area contributed by atoms with Crippen LogP contribution < -0.4 is 20.5 Å². The molecule has 1 aliphatic rings. The summed E-state index contributed by atoms with van der Waals surface area (Å²) in [5.74, 6) is 0.725. The molecule has 1 aromatic rings. The molecule has 116 valence electrons. The first-order chi connectivity index (χ1) is 9.99. The summed E-state index contributed by atoms with van der Waals surface area (Å²) in [5, 5.41) is 2.87. The van der Waals surface area contributed by atoms with Gasteiger partial charge >= 0.3 is 0 Å². The van der Waals surface area contributed by atoms with Crippen LogP contribution in [0.2, 0.25) is 0 Å². The first kappa shape index (κ1) is 15.4. The molecular formula is C15H22N2O4. The van der Waals surface area contributed by atoms with Crippen molar-refractivity contribution in [1.29, 1.82) is 0 Å². The summed E-state index contributed by atoms with van der Waals surface area (Å²) in [4.78, 5) is 12.3. The summed E-state index contributed by atoms with van der Waals surface area (Å²) < 4.78 is 16.0. The summed E-state index contributed by atoms with van der Waals surface area (Å²) in [7, 11) is 3.04. The molecule has 6 nitrogen and oxygen atoms in total. The van der Waals surface area contributed by atoms with Gasteiger partial charge in [-0.15, -0.1) is 0 Å². The number of anilines is 1. The second kappa shape index (κ2) is 6.22. The maximum atomic E-state index is 12.3. The fourth-order valence-corrected chi connectivity index (χ4v) is 2.43. The van der Waals surface area contributed by atoms with Gasteiger partial charge in [0.15, 0.2) is 11.5 Å². The van der Waals surface area contributed by atoms with E-state index in [1.165, 1.54) is 14.2 Å². The first-order valence-corrected chi connectivity index (χ1v) is 6.93. The molecule has 1 fully saturated rings. The minimum Gasteiger partial charge on any atom is -0.493 e. The lowest BCUT2D eigenvalue weighted by atomic mass is 10.0. The molecule has 1 atom stereocenters. The predicted molar refractivity (Wildman–Crippen MR) is 79.9 cm³/mol. The molecule has 1 amide bonds. The maximum absolute atomic E-state index is 12.3. The van der Waals surface area contributed by atoms with E-state index >= 15 is 0 Å². The highest BCUT2D eigenvalue weighted by atomic mass is 16.5. The number of methoxy groups -OCH3 is 2. The molecule has 0 bridgehead atoms. The summed E-state index contributed by atoms with van der Waals surface area (Å²) >= 11 is 0. The van der Waals surface area contributed by atoms with Crippen molar-refractivity contribution in [3.63, 3.8) is 0 Å². The molecule has 6 heteroatoms. The Morgan fingerprint density at radius 3 is 2.62 bits per heavy atom. The number of carbonyl (C=O) groups excluding carboxylic acids is 1. The van der Waals surface area contributed by atoms with Gasteiger partial charge in [-0.1, -0.05) is 0 Å². The van der Waals surface area contributed by atoms with Gasteiger partial charge in [-0.3, -0.25) is 4.79 Å². The topological polar surface area (TPSA) is 82.8 Å². The van der Waals surface area contributed by atoms with Gasteiger partial charge < -0.3 is 25.3 Å². The average Bonchev–Trinajstić information content (AvgIpc) is 2.91. The van der Waals surface area contributed by atoms with Crippen LogP contribution in [0.4, 0.5) is 5.69 Å². The van der Waals surface area contributed by atoms with Crippen molar-refractivity contribution >= 4 is 11.6 Å². The van der Waals surface area contributed by atoms with E-state index in [0.29, 0.717) is 29.3 Å². The smallest absolute Gasteiger partial charge is 0.253 e. The molecule has 0 aromatic heterocycles. The van der Waals surface area contributed by atoms with Gasteiger partial charge in [0.25, 0.3) is 5.91 Å². The normalized spacial score (nSPS) is 21.1. The van der Waals surface area contributed by atoms with Gasteiger partial charge in [0, 0.05) is 24.9 Å². The van der Waals surface area contributed by atoms with E-state index < -0.39 is 0 Å². The Morgan fingerprint density at radius 2 is 2.05 bits per heavy atom. The van der Waals surface area contributed by atoms with Crippen molar-refractivity contribution in [2.45, 2.75) is 25.4 Å². The van der Waals surface area contributed by atoms with E-state index in [4.69, 9.17) is 19.9 Å². The van der Waals surface area contributed by atoms with Gasteiger partial charge in [-0.25, -0.2) is 0 Å². The molecule has 1 saturated heterocycles. The third-order valence-corrected chi connectivity index (χ3v) is 3.72. The fraction of sp³-hybridized carbons (Fsp3) is 0.533. The van der Waals surface area contributed by atoms with E-state index in [1.807, 2.05) is 6.92 Å². The largest absolute Gasteiger partial charge is 0.493 e. The van der Waals surface area contributed by atoms with Crippen LogP contribution in [0.25, 0.3) is 0 Å². The van der Waals surface area contributed by atoms with Crippen LogP contribution in [0.5, 0.6) is 11.5 Å². The number of carbonyl (C=O) groups is 1. The van der Waals surface area contributed by atoms with Crippen LogP contribution in [-0.4, -0.2) is 38.9 Å². The van der Waals surface area contributed by atoms with Crippen molar-refractivity contribution in [2.75, 3.05) is 33.1 Å². The third kappa shape index (κ3) is 3.39. The van der Waals surface area contributed by atoms with Gasteiger partial charge in [0.1, 0.15) is 0 Å². The van der Waals surface area contributed by atoms with E-state index in [2.05, 4.69) is 5.32 Å². The van der Waals surface area contributed by atoms with Crippen LogP contribution in [0.1, 0.15) is 30.1 Å². The molecule has 0 aliphatic carbocycles. The quantitative estimate of drug-likeness (QED) is 0.806. The monoisotopic (exact) mass is 294 g/mol. The van der Waals surface area contributed by atoms with Crippen LogP contribution in [0.3, 0.4) is 0 Å². The minimum atomic E-state index is -0.291. The number of benzene rings is 1. The second-order valence-corrected chi connectivity index (χ2v) is 5.38. The van der Waals surface area contributed by atoms with Gasteiger partial charge in [-0.2, -0.15) is 0 Å². The summed E-state index contributed by atoms with van der Waals surface area (Å²) in [6.07, 6.45) is 1.96. The van der Waals surface area contributed by atoms with E-state index in [-0.39, 0.29) is 11.5 Å². The number of hydrogen-bond acceptors (Lipinski definition) is 5. The summed E-state index contributed by atoms with van der Waals surface area (Å²) in [6.45, 7) is 3.20. The summed E-state index contributed by atoms with van der Waals surface area (Å²) in [6, 6.07) is 3.17. The van der Waals surface area contributed by atoms with Crippen molar-refractivity contribution in [2.24, 2.45) is 0 Å². The molecule has 1 heterocycles. The maximum Gasteiger partial charge on any atom is 0.253 e. The Balaban J connectivity index is 2.11. The first-order valence-electron chi connectivity index (χ1n) is 6.93. The summed E-state index contributed by atoms with van der Waals surface area (Å²) in [5.41, 5.74) is 6.34. The van der Waals surface area contributed by atoms with Crippen molar-refractivity contribution in [3.8, 4) is 11.5 Å². The highest BCUT2D eigenvalue weighted by Gasteiger charge is 2.30. The lowest BCUT2D eigenvalue weighted by Crippen LogP contribution is -2.40. The standard InChI is InChI=1S/C15H22N2O4/c1-15(5-4-6-21-15)9-17-14(18)10-7-12(19-2)13(20-3)8-11(10)16/h7-8H,4-6,9,16H2,1-3H3,(H,17,18). The molecule has 2 rings (SSSR count).